The van der Waals surface area contributed by atoms with Gasteiger partial charge >= 0.3 is 0 Å². The summed E-state index contributed by atoms with van der Waals surface area (Å²) in [7, 11) is 0. The summed E-state index contributed by atoms with van der Waals surface area (Å²) >= 11 is 0. The van der Waals surface area contributed by atoms with E-state index in [1.807, 2.05) is 12.1 Å². The van der Waals surface area contributed by atoms with Gasteiger partial charge in [-0.3, -0.25) is 0 Å². The van der Waals surface area contributed by atoms with Crippen molar-refractivity contribution in [2.45, 2.75) is 26.2 Å². The van der Waals surface area contributed by atoms with Crippen LogP contribution in [0.15, 0.2) is 48.7 Å². The summed E-state index contributed by atoms with van der Waals surface area (Å²) in [4.78, 5) is 4.33. The second kappa shape index (κ2) is 8.86. The molecule has 0 bridgehead atoms. The van der Waals surface area contributed by atoms with Gasteiger partial charge in [-0.25, -0.2) is 4.98 Å². The van der Waals surface area contributed by atoms with Crippen LogP contribution in [0.2, 0.25) is 0 Å². The van der Waals surface area contributed by atoms with Crippen LogP contribution >= 0.6 is 0 Å². The van der Waals surface area contributed by atoms with Crippen molar-refractivity contribution in [3.63, 3.8) is 0 Å². The Hall–Kier alpha value is -2.07. The minimum atomic E-state index is 0.439. The molecule has 1 saturated heterocycles. The van der Waals surface area contributed by atoms with Crippen LogP contribution in [0.25, 0.3) is 0 Å². The summed E-state index contributed by atoms with van der Waals surface area (Å²) in [6.45, 7) is 7.60. The van der Waals surface area contributed by atoms with E-state index in [1.165, 1.54) is 5.56 Å². The molecule has 1 fully saturated rings. The van der Waals surface area contributed by atoms with Crippen LogP contribution in [0, 0.1) is 11.8 Å². The number of nitrogens with zero attached hydrogens (tertiary/aromatic N) is 1. The number of ether oxygens (including phenoxy) is 2. The molecule has 0 amide bonds. The lowest BCUT2D eigenvalue weighted by Gasteiger charge is -2.32. The predicted molar refractivity (Wildman–Crippen MR) is 100 cm³/mol. The predicted octanol–water partition coefficient (Wildman–Crippen LogP) is 3.89. The topological polar surface area (TPSA) is 43.4 Å². The molecule has 1 aromatic heterocycles. The summed E-state index contributed by atoms with van der Waals surface area (Å²) in [6.07, 6.45) is 2.89. The molecule has 1 N–H and O–H groups in total. The van der Waals surface area contributed by atoms with Gasteiger partial charge in [-0.15, -0.1) is 0 Å². The monoisotopic (exact) mass is 340 g/mol. The highest BCUT2D eigenvalue weighted by atomic mass is 16.5. The smallest absolute Gasteiger partial charge is 0.256 e. The van der Waals surface area contributed by atoms with E-state index in [1.54, 1.807) is 6.20 Å². The van der Waals surface area contributed by atoms with E-state index in [0.29, 0.717) is 36.8 Å². The second-order valence-corrected chi connectivity index (χ2v) is 7.09. The molecule has 0 unspecified atom stereocenters. The van der Waals surface area contributed by atoms with Gasteiger partial charge in [0.25, 0.3) is 5.88 Å². The van der Waals surface area contributed by atoms with Crippen molar-refractivity contribution in [3.05, 3.63) is 54.2 Å². The van der Waals surface area contributed by atoms with Gasteiger partial charge in [0.05, 0.1) is 13.2 Å². The standard InChI is InChI=1S/C21H28N2O2/c1-16(2)14-25-21-20(9-6-11-23-21)24-15-18-13-22-12-10-19(18)17-7-4-3-5-8-17/h3-9,11,16,18-19,22H,10,12-15H2,1-2H3/t18-,19-/m0/s1. The molecule has 0 spiro atoms. The normalized spacial score (nSPS) is 20.4. The highest BCUT2D eigenvalue weighted by molar-refractivity contribution is 5.32. The highest BCUT2D eigenvalue weighted by Crippen LogP contribution is 2.32. The van der Waals surface area contributed by atoms with E-state index < -0.39 is 0 Å². The Kier molecular flexibility index (Phi) is 6.29. The second-order valence-electron chi connectivity index (χ2n) is 7.09. The lowest BCUT2D eigenvalue weighted by Crippen LogP contribution is -2.38. The average Bonchev–Trinajstić information content (AvgIpc) is 2.66. The van der Waals surface area contributed by atoms with Crippen molar-refractivity contribution in [3.8, 4) is 11.6 Å². The summed E-state index contributed by atoms with van der Waals surface area (Å²) in [5.74, 6) is 2.75. The first-order valence-corrected chi connectivity index (χ1v) is 9.20. The van der Waals surface area contributed by atoms with Gasteiger partial charge in [-0.1, -0.05) is 44.2 Å². The Bertz CT molecular complexity index is 645. The molecule has 1 aliphatic rings. The van der Waals surface area contributed by atoms with Crippen LogP contribution < -0.4 is 14.8 Å². The fraction of sp³-hybridized carbons (Fsp3) is 0.476. The number of benzene rings is 1. The Labute approximate surface area is 150 Å². The molecule has 0 radical (unpaired) electrons. The highest BCUT2D eigenvalue weighted by Gasteiger charge is 2.27. The molecule has 0 aliphatic carbocycles. The molecule has 2 atom stereocenters. The van der Waals surface area contributed by atoms with Gasteiger partial charge in [-0.2, -0.15) is 0 Å². The Morgan fingerprint density at radius 2 is 1.96 bits per heavy atom. The van der Waals surface area contributed by atoms with Gasteiger partial charge in [0.1, 0.15) is 0 Å². The van der Waals surface area contributed by atoms with Crippen molar-refractivity contribution in [2.24, 2.45) is 11.8 Å². The van der Waals surface area contributed by atoms with Crippen LogP contribution in [0.1, 0.15) is 31.7 Å². The van der Waals surface area contributed by atoms with Crippen molar-refractivity contribution < 1.29 is 9.47 Å². The van der Waals surface area contributed by atoms with Gasteiger partial charge < -0.3 is 14.8 Å². The molecule has 1 aromatic carbocycles. The first kappa shape index (κ1) is 17.7. The quantitative estimate of drug-likeness (QED) is 0.830. The lowest BCUT2D eigenvalue weighted by atomic mass is 9.81. The van der Waals surface area contributed by atoms with Crippen molar-refractivity contribution in [2.75, 3.05) is 26.3 Å². The van der Waals surface area contributed by atoms with E-state index >= 15 is 0 Å². The molecule has 4 heteroatoms. The molecular formula is C21H28N2O2. The maximum Gasteiger partial charge on any atom is 0.256 e. The lowest BCUT2D eigenvalue weighted by molar-refractivity contribution is 0.182. The zero-order valence-corrected chi connectivity index (χ0v) is 15.2. The molecule has 3 rings (SSSR count). The van der Waals surface area contributed by atoms with Crippen LogP contribution in [-0.2, 0) is 0 Å². The zero-order valence-electron chi connectivity index (χ0n) is 15.2. The van der Waals surface area contributed by atoms with E-state index in [9.17, 15) is 0 Å². The van der Waals surface area contributed by atoms with E-state index in [4.69, 9.17) is 9.47 Å². The molecule has 25 heavy (non-hydrogen) atoms. The van der Waals surface area contributed by atoms with Gasteiger partial charge in [0.15, 0.2) is 5.75 Å². The summed E-state index contributed by atoms with van der Waals surface area (Å²) < 4.78 is 11.9. The van der Waals surface area contributed by atoms with E-state index in [-0.39, 0.29) is 0 Å². The summed E-state index contributed by atoms with van der Waals surface area (Å²) in [6, 6.07) is 14.6. The molecule has 0 saturated carbocycles. The third kappa shape index (κ3) is 4.95. The SMILES string of the molecule is CC(C)COc1ncccc1OC[C@@H]1CNCC[C@H]1c1ccccc1. The number of piperidine rings is 1. The minimum absolute atomic E-state index is 0.439. The van der Waals surface area contributed by atoms with Crippen molar-refractivity contribution in [1.29, 1.82) is 0 Å². The number of aromatic nitrogens is 1. The molecule has 4 nitrogen and oxygen atoms in total. The van der Waals surface area contributed by atoms with Crippen LogP contribution in [0.3, 0.4) is 0 Å². The van der Waals surface area contributed by atoms with E-state index in [2.05, 4.69) is 54.5 Å². The Balaban J connectivity index is 1.65. The van der Waals surface area contributed by atoms with Gasteiger partial charge in [-0.05, 0) is 42.5 Å². The van der Waals surface area contributed by atoms with Crippen LogP contribution in [0.5, 0.6) is 11.6 Å². The fourth-order valence-corrected chi connectivity index (χ4v) is 3.27. The Morgan fingerprint density at radius 1 is 1.12 bits per heavy atom. The average molecular weight is 340 g/mol. The third-order valence-corrected chi connectivity index (χ3v) is 4.58. The molecule has 2 heterocycles. The van der Waals surface area contributed by atoms with Crippen molar-refractivity contribution >= 4 is 0 Å². The van der Waals surface area contributed by atoms with Crippen LogP contribution in [0.4, 0.5) is 0 Å². The fourth-order valence-electron chi connectivity index (χ4n) is 3.27. The molecule has 1 aliphatic heterocycles. The van der Waals surface area contributed by atoms with Gasteiger partial charge in [0.2, 0.25) is 0 Å². The van der Waals surface area contributed by atoms with Crippen molar-refractivity contribution in [1.82, 2.24) is 10.3 Å². The third-order valence-electron chi connectivity index (χ3n) is 4.58. The maximum atomic E-state index is 6.13. The minimum Gasteiger partial charge on any atom is -0.488 e. The Morgan fingerprint density at radius 3 is 2.76 bits per heavy atom. The van der Waals surface area contributed by atoms with E-state index in [0.717, 1.165) is 25.3 Å². The largest absolute Gasteiger partial charge is 0.488 e. The van der Waals surface area contributed by atoms with Gasteiger partial charge in [0, 0.05) is 18.7 Å². The molecular weight excluding hydrogens is 312 g/mol. The number of hydrogen-bond donors (Lipinski definition) is 1. The summed E-state index contributed by atoms with van der Waals surface area (Å²) in [5, 5.41) is 3.50. The number of nitrogens with one attached hydrogen (secondary N) is 1. The first-order chi connectivity index (χ1) is 12.2. The molecule has 2 aromatic rings. The number of rotatable bonds is 7. The number of hydrogen-bond acceptors (Lipinski definition) is 4. The summed E-state index contributed by atoms with van der Waals surface area (Å²) in [5.41, 5.74) is 1.40. The van der Waals surface area contributed by atoms with Crippen LogP contribution in [-0.4, -0.2) is 31.3 Å². The number of pyridine rings is 1. The first-order valence-electron chi connectivity index (χ1n) is 9.20. The maximum absolute atomic E-state index is 6.13. The molecule has 134 valence electrons. The zero-order chi connectivity index (χ0) is 17.5.